The van der Waals surface area contributed by atoms with E-state index in [0.717, 1.165) is 11.3 Å². The molecule has 0 aromatic heterocycles. The molecule has 23 heavy (non-hydrogen) atoms. The summed E-state index contributed by atoms with van der Waals surface area (Å²) in [5.74, 6) is 0.336. The van der Waals surface area contributed by atoms with Crippen molar-refractivity contribution in [2.45, 2.75) is 25.9 Å². The molecule has 2 N–H and O–H groups in total. The molecule has 0 radical (unpaired) electrons. The van der Waals surface area contributed by atoms with Crippen LogP contribution in [0, 0.1) is 12.7 Å². The number of fused-ring (bicyclic) bond motifs is 1. The SMILES string of the molecule is Cc1cc(F)ccc1C(O)COc1ccc2c(c1)CCC(=O)N2. The normalized spacial score (nSPS) is 14.8. The molecular weight excluding hydrogens is 297 g/mol. The molecule has 2 aromatic rings. The van der Waals surface area contributed by atoms with Crippen molar-refractivity contribution in [2.75, 3.05) is 11.9 Å². The summed E-state index contributed by atoms with van der Waals surface area (Å²) in [6.45, 7) is 1.83. The second kappa shape index (κ2) is 6.38. The second-order valence-corrected chi connectivity index (χ2v) is 5.69. The van der Waals surface area contributed by atoms with Crippen LogP contribution < -0.4 is 10.1 Å². The summed E-state index contributed by atoms with van der Waals surface area (Å²) < 4.78 is 18.8. The lowest BCUT2D eigenvalue weighted by Crippen LogP contribution is -2.19. The van der Waals surface area contributed by atoms with E-state index in [1.165, 1.54) is 12.1 Å². The number of benzene rings is 2. The van der Waals surface area contributed by atoms with Gasteiger partial charge in [0.15, 0.2) is 0 Å². The van der Waals surface area contributed by atoms with Crippen LogP contribution in [-0.4, -0.2) is 17.6 Å². The van der Waals surface area contributed by atoms with E-state index in [1.807, 2.05) is 6.07 Å². The molecule has 0 saturated heterocycles. The van der Waals surface area contributed by atoms with Crippen molar-refractivity contribution >= 4 is 11.6 Å². The number of ether oxygens (including phenoxy) is 1. The van der Waals surface area contributed by atoms with Crippen LogP contribution in [0.1, 0.15) is 29.2 Å². The van der Waals surface area contributed by atoms with Gasteiger partial charge in [-0.3, -0.25) is 4.79 Å². The highest BCUT2D eigenvalue weighted by molar-refractivity contribution is 5.93. The zero-order valence-electron chi connectivity index (χ0n) is 12.8. The van der Waals surface area contributed by atoms with E-state index < -0.39 is 6.10 Å². The minimum Gasteiger partial charge on any atom is -0.491 e. The number of rotatable bonds is 4. The van der Waals surface area contributed by atoms with Gasteiger partial charge in [0, 0.05) is 12.1 Å². The quantitative estimate of drug-likeness (QED) is 0.911. The Hall–Kier alpha value is -2.40. The summed E-state index contributed by atoms with van der Waals surface area (Å²) in [7, 11) is 0. The third-order valence-corrected chi connectivity index (χ3v) is 3.97. The van der Waals surface area contributed by atoms with Crippen LogP contribution in [0.15, 0.2) is 36.4 Å². The number of nitrogens with one attached hydrogen (secondary N) is 1. The van der Waals surface area contributed by atoms with Crippen LogP contribution in [0.3, 0.4) is 0 Å². The van der Waals surface area contributed by atoms with E-state index in [-0.39, 0.29) is 18.3 Å². The number of amides is 1. The van der Waals surface area contributed by atoms with Crippen molar-refractivity contribution in [2.24, 2.45) is 0 Å². The third-order valence-electron chi connectivity index (χ3n) is 3.97. The van der Waals surface area contributed by atoms with E-state index in [0.29, 0.717) is 29.7 Å². The lowest BCUT2D eigenvalue weighted by Gasteiger charge is -2.19. The topological polar surface area (TPSA) is 58.6 Å². The number of halogens is 1. The second-order valence-electron chi connectivity index (χ2n) is 5.69. The van der Waals surface area contributed by atoms with Crippen molar-refractivity contribution in [3.8, 4) is 5.75 Å². The Kier molecular flexibility index (Phi) is 4.30. The molecule has 120 valence electrons. The number of hydrogen-bond donors (Lipinski definition) is 2. The first-order valence-electron chi connectivity index (χ1n) is 7.52. The monoisotopic (exact) mass is 315 g/mol. The Morgan fingerprint density at radius 1 is 1.26 bits per heavy atom. The van der Waals surface area contributed by atoms with Gasteiger partial charge in [0.25, 0.3) is 0 Å². The van der Waals surface area contributed by atoms with Gasteiger partial charge in [0.2, 0.25) is 5.91 Å². The molecule has 0 saturated carbocycles. The van der Waals surface area contributed by atoms with Gasteiger partial charge in [-0.05, 0) is 60.4 Å². The lowest BCUT2D eigenvalue weighted by molar-refractivity contribution is -0.116. The fourth-order valence-corrected chi connectivity index (χ4v) is 2.73. The maximum absolute atomic E-state index is 13.1. The van der Waals surface area contributed by atoms with E-state index in [1.54, 1.807) is 25.1 Å². The highest BCUT2D eigenvalue weighted by Crippen LogP contribution is 2.27. The number of aryl methyl sites for hydroxylation is 2. The molecule has 3 rings (SSSR count). The predicted octanol–water partition coefficient (Wildman–Crippen LogP) is 3.13. The Labute approximate surface area is 133 Å². The van der Waals surface area contributed by atoms with Crippen molar-refractivity contribution in [1.82, 2.24) is 0 Å². The number of carbonyl (C=O) groups is 1. The number of aliphatic hydroxyl groups is 1. The van der Waals surface area contributed by atoms with Gasteiger partial charge in [0.05, 0.1) is 0 Å². The molecule has 1 aliphatic rings. The molecule has 0 fully saturated rings. The summed E-state index contributed by atoms with van der Waals surface area (Å²) in [5, 5.41) is 13.0. The molecule has 0 spiro atoms. The van der Waals surface area contributed by atoms with Crippen molar-refractivity contribution < 1.29 is 19.0 Å². The Balaban J connectivity index is 1.67. The first kappa shape index (κ1) is 15.5. The summed E-state index contributed by atoms with van der Waals surface area (Å²) in [6, 6.07) is 9.72. The third kappa shape index (κ3) is 3.51. The first-order valence-corrected chi connectivity index (χ1v) is 7.52. The molecule has 1 aliphatic heterocycles. The maximum Gasteiger partial charge on any atom is 0.224 e. The molecule has 0 aliphatic carbocycles. The molecule has 5 heteroatoms. The zero-order valence-corrected chi connectivity index (χ0v) is 12.8. The van der Waals surface area contributed by atoms with E-state index >= 15 is 0 Å². The van der Waals surface area contributed by atoms with Gasteiger partial charge in [0.1, 0.15) is 24.3 Å². The number of hydrogen-bond acceptors (Lipinski definition) is 3. The summed E-state index contributed by atoms with van der Waals surface area (Å²) in [6.07, 6.45) is 0.317. The van der Waals surface area contributed by atoms with Gasteiger partial charge in [-0.25, -0.2) is 4.39 Å². The molecule has 1 unspecified atom stereocenters. The fraction of sp³-hybridized carbons (Fsp3) is 0.278. The van der Waals surface area contributed by atoms with Gasteiger partial charge < -0.3 is 15.2 Å². The first-order chi connectivity index (χ1) is 11.0. The molecule has 1 amide bonds. The van der Waals surface area contributed by atoms with E-state index in [2.05, 4.69) is 5.32 Å². The van der Waals surface area contributed by atoms with Gasteiger partial charge in [-0.2, -0.15) is 0 Å². The Morgan fingerprint density at radius 3 is 2.87 bits per heavy atom. The standard InChI is InChI=1S/C18H18FNO3/c1-11-8-13(19)3-5-15(11)17(21)10-23-14-4-6-16-12(9-14)2-7-18(22)20-16/h3-6,8-9,17,21H,2,7,10H2,1H3,(H,20,22). The van der Waals surface area contributed by atoms with Crippen LogP contribution in [0.4, 0.5) is 10.1 Å². The predicted molar refractivity (Wildman–Crippen MR) is 85.0 cm³/mol. The van der Waals surface area contributed by atoms with Crippen LogP contribution in [0.25, 0.3) is 0 Å². The highest BCUT2D eigenvalue weighted by Gasteiger charge is 2.16. The molecule has 1 heterocycles. The van der Waals surface area contributed by atoms with Gasteiger partial charge >= 0.3 is 0 Å². The zero-order chi connectivity index (χ0) is 16.4. The molecule has 4 nitrogen and oxygen atoms in total. The van der Waals surface area contributed by atoms with E-state index in [9.17, 15) is 14.3 Å². The number of anilines is 1. The minimum absolute atomic E-state index is 0.0216. The lowest BCUT2D eigenvalue weighted by atomic mass is 10.0. The Morgan fingerprint density at radius 2 is 2.09 bits per heavy atom. The van der Waals surface area contributed by atoms with Crippen molar-refractivity contribution in [1.29, 1.82) is 0 Å². The average Bonchev–Trinajstić information content (AvgIpc) is 2.52. The molecule has 2 aromatic carbocycles. The van der Waals surface area contributed by atoms with Crippen LogP contribution >= 0.6 is 0 Å². The number of carbonyl (C=O) groups excluding carboxylic acids is 1. The average molecular weight is 315 g/mol. The summed E-state index contributed by atoms with van der Waals surface area (Å²) >= 11 is 0. The minimum atomic E-state index is -0.827. The highest BCUT2D eigenvalue weighted by atomic mass is 19.1. The summed E-state index contributed by atoms with van der Waals surface area (Å²) in [4.78, 5) is 11.3. The van der Waals surface area contributed by atoms with Gasteiger partial charge in [-0.15, -0.1) is 0 Å². The largest absolute Gasteiger partial charge is 0.491 e. The van der Waals surface area contributed by atoms with Crippen molar-refractivity contribution in [3.63, 3.8) is 0 Å². The molecule has 1 atom stereocenters. The fourth-order valence-electron chi connectivity index (χ4n) is 2.73. The van der Waals surface area contributed by atoms with Crippen LogP contribution in [-0.2, 0) is 11.2 Å². The smallest absolute Gasteiger partial charge is 0.224 e. The molecular formula is C18H18FNO3. The van der Waals surface area contributed by atoms with Crippen LogP contribution in [0.2, 0.25) is 0 Å². The molecule has 0 bridgehead atoms. The number of aliphatic hydroxyl groups excluding tert-OH is 1. The van der Waals surface area contributed by atoms with Gasteiger partial charge in [-0.1, -0.05) is 6.07 Å². The van der Waals surface area contributed by atoms with Crippen LogP contribution in [0.5, 0.6) is 5.75 Å². The van der Waals surface area contributed by atoms with Crippen molar-refractivity contribution in [3.05, 3.63) is 58.9 Å². The van der Waals surface area contributed by atoms with E-state index in [4.69, 9.17) is 4.74 Å². The Bertz CT molecular complexity index is 745. The summed E-state index contributed by atoms with van der Waals surface area (Å²) in [5.41, 5.74) is 3.17. The maximum atomic E-state index is 13.1.